The number of nitrogens with zero attached hydrogens (tertiary/aromatic N) is 1. The fourth-order valence-corrected chi connectivity index (χ4v) is 2.66. The molecule has 0 aromatic heterocycles. The van der Waals surface area contributed by atoms with Crippen molar-refractivity contribution in [1.29, 1.82) is 0 Å². The molecule has 0 unspecified atom stereocenters. The first-order chi connectivity index (χ1) is 11.1. The van der Waals surface area contributed by atoms with E-state index in [4.69, 9.17) is 5.73 Å². The number of carbonyl (C=O) groups excluding carboxylic acids is 2. The molecule has 0 aliphatic carbocycles. The maximum atomic E-state index is 12.2. The van der Waals surface area contributed by atoms with Gasteiger partial charge in [-0.05, 0) is 43.5 Å². The van der Waals surface area contributed by atoms with Crippen LogP contribution < -0.4 is 16.4 Å². The molecule has 6 nitrogen and oxygen atoms in total. The molecule has 2 amide bonds. The van der Waals surface area contributed by atoms with Gasteiger partial charge in [-0.3, -0.25) is 14.5 Å². The van der Waals surface area contributed by atoms with Gasteiger partial charge in [0.1, 0.15) is 0 Å². The van der Waals surface area contributed by atoms with Gasteiger partial charge in [-0.2, -0.15) is 0 Å². The Hall–Kier alpha value is -2.08. The van der Waals surface area contributed by atoms with Gasteiger partial charge in [0.15, 0.2) is 0 Å². The van der Waals surface area contributed by atoms with Gasteiger partial charge < -0.3 is 16.4 Å². The highest BCUT2D eigenvalue weighted by Gasteiger charge is 2.22. The first-order valence-electron chi connectivity index (χ1n) is 8.24. The van der Waals surface area contributed by atoms with Crippen LogP contribution in [0.25, 0.3) is 0 Å². The van der Waals surface area contributed by atoms with Crippen LogP contribution >= 0.6 is 0 Å². The molecule has 4 N–H and O–H groups in total. The zero-order valence-electron chi connectivity index (χ0n) is 13.7. The lowest BCUT2D eigenvalue weighted by atomic mass is 10.0. The number of rotatable bonds is 6. The van der Waals surface area contributed by atoms with Gasteiger partial charge in [0.25, 0.3) is 5.91 Å². The van der Waals surface area contributed by atoms with Crippen LogP contribution in [0, 0.1) is 0 Å². The summed E-state index contributed by atoms with van der Waals surface area (Å²) in [6, 6.07) is 7.09. The number of nitrogens with one attached hydrogen (secondary N) is 2. The zero-order valence-corrected chi connectivity index (χ0v) is 13.7. The number of hydrogen-bond acceptors (Lipinski definition) is 4. The summed E-state index contributed by atoms with van der Waals surface area (Å²) in [5.74, 6) is 0.0142. The summed E-state index contributed by atoms with van der Waals surface area (Å²) in [5, 5.41) is 5.94. The van der Waals surface area contributed by atoms with Crippen molar-refractivity contribution in [2.24, 2.45) is 0 Å². The van der Waals surface area contributed by atoms with Crippen LogP contribution in [-0.4, -0.2) is 48.9 Å². The number of piperidine rings is 1. The lowest BCUT2D eigenvalue weighted by Crippen LogP contribution is -2.47. The van der Waals surface area contributed by atoms with Crippen molar-refractivity contribution in [3.05, 3.63) is 29.8 Å². The molecule has 1 aromatic rings. The van der Waals surface area contributed by atoms with Crippen molar-refractivity contribution in [3.8, 4) is 0 Å². The number of amides is 2. The number of nitrogen functional groups attached to an aromatic ring is 1. The number of carbonyl (C=O) groups is 2. The molecule has 0 saturated carbocycles. The highest BCUT2D eigenvalue weighted by atomic mass is 16.2. The van der Waals surface area contributed by atoms with E-state index in [1.54, 1.807) is 24.3 Å². The number of benzene rings is 1. The van der Waals surface area contributed by atoms with Gasteiger partial charge in [0.2, 0.25) is 5.91 Å². The van der Waals surface area contributed by atoms with Crippen molar-refractivity contribution < 1.29 is 9.59 Å². The molecule has 1 fully saturated rings. The van der Waals surface area contributed by atoms with Crippen molar-refractivity contribution in [3.63, 3.8) is 0 Å². The van der Waals surface area contributed by atoms with Crippen molar-refractivity contribution in [1.82, 2.24) is 15.5 Å². The summed E-state index contributed by atoms with van der Waals surface area (Å²) in [6.07, 6.45) is 2.68. The van der Waals surface area contributed by atoms with Crippen LogP contribution in [0.1, 0.15) is 36.5 Å². The average molecular weight is 318 g/mol. The van der Waals surface area contributed by atoms with E-state index in [1.807, 2.05) is 6.92 Å². The number of nitrogens with two attached hydrogens (primary N) is 1. The van der Waals surface area contributed by atoms with Gasteiger partial charge in [0, 0.05) is 36.9 Å². The smallest absolute Gasteiger partial charge is 0.251 e. The number of hydrogen-bond donors (Lipinski definition) is 3. The molecule has 1 aromatic carbocycles. The highest BCUT2D eigenvalue weighted by molar-refractivity contribution is 5.94. The molecule has 1 saturated heterocycles. The second kappa shape index (κ2) is 8.53. The van der Waals surface area contributed by atoms with E-state index in [9.17, 15) is 9.59 Å². The van der Waals surface area contributed by atoms with Crippen LogP contribution in [0.4, 0.5) is 5.69 Å². The Morgan fingerprint density at radius 2 is 1.87 bits per heavy atom. The summed E-state index contributed by atoms with van der Waals surface area (Å²) in [7, 11) is 0. The Balaban J connectivity index is 1.73. The van der Waals surface area contributed by atoms with Crippen molar-refractivity contribution in [2.75, 3.05) is 31.9 Å². The molecular formula is C17H26N4O2. The Bertz CT molecular complexity index is 522. The molecule has 23 heavy (non-hydrogen) atoms. The molecule has 0 bridgehead atoms. The first-order valence-corrected chi connectivity index (χ1v) is 8.24. The second-order valence-electron chi connectivity index (χ2n) is 6.00. The van der Waals surface area contributed by atoms with Crippen LogP contribution in [0.5, 0.6) is 0 Å². The third-order valence-corrected chi connectivity index (χ3v) is 4.04. The fraction of sp³-hybridized carbons (Fsp3) is 0.529. The number of likely N-dealkylation sites (tertiary alicyclic amines) is 1. The maximum Gasteiger partial charge on any atom is 0.251 e. The van der Waals surface area contributed by atoms with E-state index in [-0.39, 0.29) is 17.9 Å². The largest absolute Gasteiger partial charge is 0.399 e. The Labute approximate surface area is 137 Å². The molecule has 0 spiro atoms. The van der Waals surface area contributed by atoms with E-state index in [1.165, 1.54) is 0 Å². The number of anilines is 1. The maximum absolute atomic E-state index is 12.2. The van der Waals surface area contributed by atoms with E-state index in [0.29, 0.717) is 17.8 Å². The Morgan fingerprint density at radius 3 is 2.48 bits per heavy atom. The van der Waals surface area contributed by atoms with Gasteiger partial charge in [0.05, 0.1) is 6.54 Å². The average Bonchev–Trinajstić information content (AvgIpc) is 2.55. The second-order valence-corrected chi connectivity index (χ2v) is 6.00. The van der Waals surface area contributed by atoms with Gasteiger partial charge in [-0.25, -0.2) is 0 Å². The van der Waals surface area contributed by atoms with Gasteiger partial charge >= 0.3 is 0 Å². The SMILES string of the molecule is CCCNC(=O)CN1CCC(NC(=O)c2ccc(N)cc2)CC1. The summed E-state index contributed by atoms with van der Waals surface area (Å²) in [6.45, 7) is 4.86. The molecule has 1 heterocycles. The minimum Gasteiger partial charge on any atom is -0.399 e. The summed E-state index contributed by atoms with van der Waals surface area (Å²) >= 11 is 0. The summed E-state index contributed by atoms with van der Waals surface area (Å²) in [5.41, 5.74) is 6.90. The highest BCUT2D eigenvalue weighted by Crippen LogP contribution is 2.12. The van der Waals surface area contributed by atoms with Crippen molar-refractivity contribution in [2.45, 2.75) is 32.2 Å². The minimum absolute atomic E-state index is 0.0656. The topological polar surface area (TPSA) is 87.5 Å². The normalized spacial score (nSPS) is 16.0. The van der Waals surface area contributed by atoms with Crippen LogP contribution in [0.15, 0.2) is 24.3 Å². The van der Waals surface area contributed by atoms with Crippen molar-refractivity contribution >= 4 is 17.5 Å². The van der Waals surface area contributed by atoms with E-state index in [2.05, 4.69) is 15.5 Å². The lowest BCUT2D eigenvalue weighted by Gasteiger charge is -2.31. The Morgan fingerprint density at radius 1 is 1.22 bits per heavy atom. The Kier molecular flexibility index (Phi) is 6.40. The van der Waals surface area contributed by atoms with E-state index in [0.717, 1.165) is 38.9 Å². The predicted molar refractivity (Wildman–Crippen MR) is 91.1 cm³/mol. The molecule has 6 heteroatoms. The standard InChI is InChI=1S/C17H26N4O2/c1-2-9-19-16(22)12-21-10-7-15(8-11-21)20-17(23)13-3-5-14(18)6-4-13/h3-6,15H,2,7-12,18H2,1H3,(H,19,22)(H,20,23). The van der Waals surface area contributed by atoms with Gasteiger partial charge in [-0.15, -0.1) is 0 Å². The first kappa shape index (κ1) is 17.3. The quantitative estimate of drug-likeness (QED) is 0.683. The monoisotopic (exact) mass is 318 g/mol. The van der Waals surface area contributed by atoms with Crippen LogP contribution in [0.2, 0.25) is 0 Å². The minimum atomic E-state index is -0.0656. The molecule has 126 valence electrons. The molecule has 1 aliphatic rings. The third-order valence-electron chi connectivity index (χ3n) is 4.04. The lowest BCUT2D eigenvalue weighted by molar-refractivity contribution is -0.122. The van der Waals surface area contributed by atoms with Gasteiger partial charge in [-0.1, -0.05) is 6.92 Å². The molecule has 2 rings (SSSR count). The van der Waals surface area contributed by atoms with E-state index >= 15 is 0 Å². The predicted octanol–water partition coefficient (Wildman–Crippen LogP) is 0.989. The molecule has 0 radical (unpaired) electrons. The summed E-state index contributed by atoms with van der Waals surface area (Å²) < 4.78 is 0. The zero-order chi connectivity index (χ0) is 16.7. The fourth-order valence-electron chi connectivity index (χ4n) is 2.66. The van der Waals surface area contributed by atoms with Crippen LogP contribution in [0.3, 0.4) is 0 Å². The third kappa shape index (κ3) is 5.56. The van der Waals surface area contributed by atoms with E-state index < -0.39 is 0 Å². The molecular weight excluding hydrogens is 292 g/mol. The van der Waals surface area contributed by atoms with Crippen LogP contribution in [-0.2, 0) is 4.79 Å². The molecule has 0 atom stereocenters. The molecule has 1 aliphatic heterocycles. The summed E-state index contributed by atoms with van der Waals surface area (Å²) in [4.78, 5) is 26.0.